The van der Waals surface area contributed by atoms with E-state index in [1.807, 2.05) is 38.1 Å². The van der Waals surface area contributed by atoms with E-state index in [2.05, 4.69) is 15.9 Å². The number of ether oxygens (including phenoxy) is 2. The summed E-state index contributed by atoms with van der Waals surface area (Å²) in [7, 11) is 0. The lowest BCUT2D eigenvalue weighted by Gasteiger charge is -2.36. The van der Waals surface area contributed by atoms with Crippen molar-refractivity contribution < 1.29 is 14.3 Å². The van der Waals surface area contributed by atoms with Crippen LogP contribution in [0.4, 0.5) is 5.82 Å². The lowest BCUT2D eigenvalue weighted by molar-refractivity contribution is -0.122. The molecule has 0 unspecified atom stereocenters. The molecule has 0 saturated carbocycles. The van der Waals surface area contributed by atoms with E-state index in [0.717, 1.165) is 31.1 Å². The van der Waals surface area contributed by atoms with Gasteiger partial charge in [0.15, 0.2) is 11.5 Å². The number of carbonyl (C=O) groups excluding carboxylic acids is 1. The number of benzene rings is 1. The van der Waals surface area contributed by atoms with Crippen molar-refractivity contribution in [3.63, 3.8) is 0 Å². The van der Waals surface area contributed by atoms with E-state index in [0.29, 0.717) is 45.9 Å². The lowest BCUT2D eigenvalue weighted by atomic mass is 10.1. The van der Waals surface area contributed by atoms with Crippen LogP contribution in [-0.4, -0.2) is 68.9 Å². The van der Waals surface area contributed by atoms with Gasteiger partial charge >= 0.3 is 0 Å². The molecule has 3 aliphatic heterocycles. The van der Waals surface area contributed by atoms with Gasteiger partial charge in [-0.1, -0.05) is 50.0 Å². The van der Waals surface area contributed by atoms with E-state index in [1.54, 1.807) is 23.2 Å². The minimum atomic E-state index is -0.201. The number of amides is 1. The lowest BCUT2D eigenvalue weighted by Crippen LogP contribution is -2.47. The molecule has 0 aliphatic carbocycles. The molecule has 0 atom stereocenters. The van der Waals surface area contributed by atoms with E-state index in [9.17, 15) is 9.59 Å². The van der Waals surface area contributed by atoms with Crippen molar-refractivity contribution in [3.8, 4) is 11.5 Å². The van der Waals surface area contributed by atoms with Gasteiger partial charge in [-0.3, -0.25) is 23.8 Å². The molecule has 11 heteroatoms. The van der Waals surface area contributed by atoms with Crippen molar-refractivity contribution in [1.29, 1.82) is 0 Å². The highest BCUT2D eigenvalue weighted by Gasteiger charge is 2.33. The van der Waals surface area contributed by atoms with Crippen molar-refractivity contribution in [1.82, 2.24) is 19.2 Å². The smallest absolute Gasteiger partial charge is 0.267 e. The molecule has 39 heavy (non-hydrogen) atoms. The first-order valence-corrected chi connectivity index (χ1v) is 14.2. The standard InChI is InChI=1S/C28H29N5O4S2/c1-18(2)15-33-27(35)23(39-28(33)38)14-20-25(29-24-5-3-4-8-32(24)26(20)34)31-11-9-30(10-12-31)16-19-6-7-21-22(13-19)37-17-36-21/h3-8,13-14,18H,9-12,15-17H2,1-2H3. The Balaban J connectivity index is 1.27. The summed E-state index contributed by atoms with van der Waals surface area (Å²) >= 11 is 6.73. The first kappa shape index (κ1) is 25.8. The Labute approximate surface area is 236 Å². The van der Waals surface area contributed by atoms with E-state index >= 15 is 0 Å². The number of hydrogen-bond donors (Lipinski definition) is 0. The number of rotatable bonds is 6. The maximum Gasteiger partial charge on any atom is 0.267 e. The molecule has 9 nitrogen and oxygen atoms in total. The average Bonchev–Trinajstić information content (AvgIpc) is 3.50. The average molecular weight is 564 g/mol. The van der Waals surface area contributed by atoms with E-state index in [-0.39, 0.29) is 24.2 Å². The zero-order chi connectivity index (χ0) is 27.1. The summed E-state index contributed by atoms with van der Waals surface area (Å²) in [6.07, 6.45) is 3.39. The van der Waals surface area contributed by atoms with Crippen molar-refractivity contribution in [2.75, 3.05) is 44.4 Å². The molecule has 1 amide bonds. The Morgan fingerprint density at radius 2 is 1.87 bits per heavy atom. The molecule has 0 N–H and O–H groups in total. The fourth-order valence-corrected chi connectivity index (χ4v) is 6.28. The third kappa shape index (κ3) is 5.13. The molecule has 6 rings (SSSR count). The monoisotopic (exact) mass is 563 g/mol. The third-order valence-electron chi connectivity index (χ3n) is 6.96. The molecule has 2 saturated heterocycles. The van der Waals surface area contributed by atoms with Crippen molar-refractivity contribution in [3.05, 3.63) is 69.0 Å². The van der Waals surface area contributed by atoms with Crippen LogP contribution in [0.25, 0.3) is 11.7 Å². The van der Waals surface area contributed by atoms with Gasteiger partial charge in [0, 0.05) is 45.5 Å². The third-order valence-corrected chi connectivity index (χ3v) is 8.34. The Morgan fingerprint density at radius 1 is 1.08 bits per heavy atom. The second kappa shape index (κ2) is 10.6. The molecule has 5 heterocycles. The number of aromatic nitrogens is 2. The maximum atomic E-state index is 13.7. The van der Waals surface area contributed by atoms with Gasteiger partial charge in [0.25, 0.3) is 11.5 Å². The Bertz CT molecular complexity index is 1540. The van der Waals surface area contributed by atoms with Gasteiger partial charge in [-0.2, -0.15) is 0 Å². The largest absolute Gasteiger partial charge is 0.454 e. The number of thioether (sulfide) groups is 1. The number of anilines is 1. The summed E-state index contributed by atoms with van der Waals surface area (Å²) in [4.78, 5) is 38.4. The van der Waals surface area contributed by atoms with E-state index in [1.165, 1.54) is 21.7 Å². The highest BCUT2D eigenvalue weighted by Crippen LogP contribution is 2.35. The van der Waals surface area contributed by atoms with E-state index < -0.39 is 0 Å². The van der Waals surface area contributed by atoms with Gasteiger partial charge in [-0.05, 0) is 41.8 Å². The molecule has 2 aromatic heterocycles. The van der Waals surface area contributed by atoms with Crippen molar-refractivity contribution in [2.24, 2.45) is 5.92 Å². The molecular weight excluding hydrogens is 534 g/mol. The fourth-order valence-electron chi connectivity index (χ4n) is 5.03. The predicted octanol–water partition coefficient (Wildman–Crippen LogP) is 3.60. The molecule has 202 valence electrons. The summed E-state index contributed by atoms with van der Waals surface area (Å²) in [6.45, 7) is 8.72. The van der Waals surface area contributed by atoms with Crippen molar-refractivity contribution >= 4 is 51.7 Å². The maximum absolute atomic E-state index is 13.7. The first-order chi connectivity index (χ1) is 18.9. The van der Waals surface area contributed by atoms with Crippen LogP contribution in [0.3, 0.4) is 0 Å². The van der Waals surface area contributed by atoms with Gasteiger partial charge in [0.1, 0.15) is 15.8 Å². The number of pyridine rings is 1. The highest BCUT2D eigenvalue weighted by molar-refractivity contribution is 8.26. The summed E-state index contributed by atoms with van der Waals surface area (Å²) in [5.74, 6) is 2.30. The number of carbonyl (C=O) groups is 1. The number of hydrogen-bond acceptors (Lipinski definition) is 9. The second-order valence-electron chi connectivity index (χ2n) is 10.2. The highest BCUT2D eigenvalue weighted by atomic mass is 32.2. The summed E-state index contributed by atoms with van der Waals surface area (Å²) in [6, 6.07) is 11.6. The number of thiocarbonyl (C=S) groups is 1. The van der Waals surface area contributed by atoms with Crippen LogP contribution in [-0.2, 0) is 11.3 Å². The quantitative estimate of drug-likeness (QED) is 0.330. The minimum absolute atomic E-state index is 0.157. The summed E-state index contributed by atoms with van der Waals surface area (Å²) in [5.41, 5.74) is 1.95. The minimum Gasteiger partial charge on any atom is -0.454 e. The normalized spacial score (nSPS) is 18.8. The first-order valence-electron chi connectivity index (χ1n) is 13.0. The fraction of sp³-hybridized carbons (Fsp3) is 0.357. The van der Waals surface area contributed by atoms with Crippen LogP contribution >= 0.6 is 24.0 Å². The van der Waals surface area contributed by atoms with Crippen LogP contribution < -0.4 is 19.9 Å². The molecule has 1 aromatic carbocycles. The zero-order valence-corrected chi connectivity index (χ0v) is 23.5. The SMILES string of the molecule is CC(C)CN1C(=O)C(=Cc2c(N3CCN(Cc4ccc5c(c4)OCO5)CC3)nc3ccccn3c2=O)SC1=S. The van der Waals surface area contributed by atoms with Gasteiger partial charge in [0.2, 0.25) is 6.79 Å². The second-order valence-corrected chi connectivity index (χ2v) is 11.9. The molecule has 2 fully saturated rings. The number of nitrogens with zero attached hydrogens (tertiary/aromatic N) is 5. The van der Waals surface area contributed by atoms with E-state index in [4.69, 9.17) is 26.7 Å². The van der Waals surface area contributed by atoms with Crippen LogP contribution in [0, 0.1) is 5.92 Å². The number of piperazine rings is 1. The summed E-state index contributed by atoms with van der Waals surface area (Å²) in [5, 5.41) is 0. The zero-order valence-electron chi connectivity index (χ0n) is 21.8. The predicted molar refractivity (Wildman–Crippen MR) is 156 cm³/mol. The Morgan fingerprint density at radius 3 is 2.67 bits per heavy atom. The van der Waals surface area contributed by atoms with Gasteiger partial charge in [-0.25, -0.2) is 4.98 Å². The topological polar surface area (TPSA) is 79.6 Å². The van der Waals surface area contributed by atoms with Crippen LogP contribution in [0.5, 0.6) is 11.5 Å². The molecule has 3 aliphatic rings. The van der Waals surface area contributed by atoms with Crippen LogP contribution in [0.15, 0.2) is 52.3 Å². The van der Waals surface area contributed by atoms with Gasteiger partial charge < -0.3 is 14.4 Å². The Kier molecular flexibility index (Phi) is 7.05. The summed E-state index contributed by atoms with van der Waals surface area (Å²) < 4.78 is 13.0. The molecule has 0 radical (unpaired) electrons. The van der Waals surface area contributed by atoms with Gasteiger partial charge in [-0.15, -0.1) is 0 Å². The number of fused-ring (bicyclic) bond motifs is 2. The molecule has 0 spiro atoms. The molecule has 0 bridgehead atoms. The Hall–Kier alpha value is -3.41. The van der Waals surface area contributed by atoms with Gasteiger partial charge in [0.05, 0.1) is 10.5 Å². The van der Waals surface area contributed by atoms with Crippen LogP contribution in [0.2, 0.25) is 0 Å². The molecule has 3 aromatic rings. The molecular formula is C28H29N5O4S2. The van der Waals surface area contributed by atoms with Crippen LogP contribution in [0.1, 0.15) is 25.0 Å². The van der Waals surface area contributed by atoms with Crippen molar-refractivity contribution in [2.45, 2.75) is 20.4 Å².